The summed E-state index contributed by atoms with van der Waals surface area (Å²) < 4.78 is 0. The number of amides is 1. The Morgan fingerprint density at radius 3 is 2.85 bits per heavy atom. The van der Waals surface area contributed by atoms with Gasteiger partial charge in [-0.2, -0.15) is 0 Å². The Morgan fingerprint density at radius 1 is 1.25 bits per heavy atom. The number of rotatable bonds is 3. The van der Waals surface area contributed by atoms with Gasteiger partial charge in [-0.15, -0.1) is 0 Å². The van der Waals surface area contributed by atoms with Crippen molar-refractivity contribution >= 4 is 11.6 Å². The summed E-state index contributed by atoms with van der Waals surface area (Å²) in [5.41, 5.74) is 3.14. The number of fused-ring (bicyclic) bond motifs is 1. The van der Waals surface area contributed by atoms with E-state index >= 15 is 0 Å². The summed E-state index contributed by atoms with van der Waals surface area (Å²) in [4.78, 5) is 18.1. The number of benzene rings is 1. The van der Waals surface area contributed by atoms with Gasteiger partial charge in [0.2, 0.25) is 5.91 Å². The minimum atomic E-state index is 0.0527. The topological polar surface area (TPSA) is 45.2 Å². The van der Waals surface area contributed by atoms with Gasteiger partial charge in [0.15, 0.2) is 0 Å². The molecule has 1 aliphatic heterocycles. The SMILES string of the molecule is CN1C(=O)CC(NCc2ccccn2)c2ccccc21. The molecule has 3 rings (SSSR count). The lowest BCUT2D eigenvalue weighted by atomic mass is 9.96. The summed E-state index contributed by atoms with van der Waals surface area (Å²) in [6.07, 6.45) is 2.27. The third kappa shape index (κ3) is 2.42. The fourth-order valence-electron chi connectivity index (χ4n) is 2.56. The predicted octanol–water partition coefficient (Wildman–Crippen LogP) is 2.28. The van der Waals surface area contributed by atoms with Crippen LogP contribution in [0.5, 0.6) is 0 Å². The van der Waals surface area contributed by atoms with Crippen LogP contribution in [0.4, 0.5) is 5.69 Å². The summed E-state index contributed by atoms with van der Waals surface area (Å²) in [6, 6.07) is 13.9. The molecule has 1 unspecified atom stereocenters. The van der Waals surface area contributed by atoms with Gasteiger partial charge in [-0.25, -0.2) is 0 Å². The first-order chi connectivity index (χ1) is 9.75. The van der Waals surface area contributed by atoms with E-state index < -0.39 is 0 Å². The third-order valence-electron chi connectivity index (χ3n) is 3.68. The Morgan fingerprint density at radius 2 is 2.05 bits per heavy atom. The summed E-state index contributed by atoms with van der Waals surface area (Å²) in [7, 11) is 1.83. The molecule has 0 bridgehead atoms. The van der Waals surface area contributed by atoms with Gasteiger partial charge in [0.25, 0.3) is 0 Å². The van der Waals surface area contributed by atoms with Crippen molar-refractivity contribution in [2.24, 2.45) is 0 Å². The van der Waals surface area contributed by atoms with E-state index in [1.165, 1.54) is 5.56 Å². The highest BCUT2D eigenvalue weighted by Gasteiger charge is 2.28. The average Bonchev–Trinajstić information content (AvgIpc) is 2.50. The molecule has 4 nitrogen and oxygen atoms in total. The number of carbonyl (C=O) groups excluding carboxylic acids is 1. The number of anilines is 1. The fraction of sp³-hybridized carbons (Fsp3) is 0.250. The van der Waals surface area contributed by atoms with Gasteiger partial charge >= 0.3 is 0 Å². The highest BCUT2D eigenvalue weighted by atomic mass is 16.2. The Bertz CT molecular complexity index is 612. The number of hydrogen-bond donors (Lipinski definition) is 1. The van der Waals surface area contributed by atoms with Crippen LogP contribution in [0.25, 0.3) is 0 Å². The number of carbonyl (C=O) groups is 1. The quantitative estimate of drug-likeness (QED) is 0.928. The summed E-state index contributed by atoms with van der Waals surface area (Å²) in [5.74, 6) is 0.141. The fourth-order valence-corrected chi connectivity index (χ4v) is 2.56. The van der Waals surface area contributed by atoms with E-state index in [0.29, 0.717) is 13.0 Å². The summed E-state index contributed by atoms with van der Waals surface area (Å²) in [5, 5.41) is 3.44. The standard InChI is InChI=1S/C16H17N3O/c1-19-15-8-3-2-7-13(15)14(10-16(19)20)18-11-12-6-4-5-9-17-12/h2-9,14,18H,10-11H2,1H3. The van der Waals surface area contributed by atoms with Crippen molar-refractivity contribution < 1.29 is 4.79 Å². The number of aromatic nitrogens is 1. The third-order valence-corrected chi connectivity index (χ3v) is 3.68. The summed E-state index contributed by atoms with van der Waals surface area (Å²) in [6.45, 7) is 0.664. The van der Waals surface area contributed by atoms with Crippen molar-refractivity contribution in [2.75, 3.05) is 11.9 Å². The molecule has 1 aliphatic rings. The Labute approximate surface area is 118 Å². The second-order valence-electron chi connectivity index (χ2n) is 4.97. The molecule has 1 aromatic carbocycles. The lowest BCUT2D eigenvalue weighted by Gasteiger charge is -2.32. The molecule has 1 N–H and O–H groups in total. The van der Waals surface area contributed by atoms with Crippen LogP contribution in [0, 0.1) is 0 Å². The van der Waals surface area contributed by atoms with E-state index in [1.54, 1.807) is 11.1 Å². The highest BCUT2D eigenvalue weighted by molar-refractivity contribution is 5.96. The van der Waals surface area contributed by atoms with Crippen molar-refractivity contribution in [3.8, 4) is 0 Å². The first kappa shape index (κ1) is 12.8. The highest BCUT2D eigenvalue weighted by Crippen LogP contribution is 2.33. The van der Waals surface area contributed by atoms with Crippen LogP contribution in [0.1, 0.15) is 23.7 Å². The van der Waals surface area contributed by atoms with Crippen LogP contribution in [0.2, 0.25) is 0 Å². The number of hydrogen-bond acceptors (Lipinski definition) is 3. The van der Waals surface area contributed by atoms with Gasteiger partial charge in [0, 0.05) is 37.9 Å². The molecule has 1 atom stereocenters. The largest absolute Gasteiger partial charge is 0.315 e. The van der Waals surface area contributed by atoms with Crippen LogP contribution in [-0.4, -0.2) is 17.9 Å². The molecule has 2 aromatic rings. The van der Waals surface area contributed by atoms with E-state index in [4.69, 9.17) is 0 Å². The van der Waals surface area contributed by atoms with Gasteiger partial charge in [-0.1, -0.05) is 24.3 Å². The molecule has 0 saturated carbocycles. The van der Waals surface area contributed by atoms with Crippen molar-refractivity contribution in [1.82, 2.24) is 10.3 Å². The Balaban J connectivity index is 1.80. The second kappa shape index (κ2) is 5.43. The number of nitrogens with one attached hydrogen (secondary N) is 1. The molecule has 102 valence electrons. The number of nitrogens with zero attached hydrogens (tertiary/aromatic N) is 2. The van der Waals surface area contributed by atoms with Gasteiger partial charge < -0.3 is 10.2 Å². The van der Waals surface area contributed by atoms with Gasteiger partial charge in [-0.05, 0) is 23.8 Å². The monoisotopic (exact) mass is 267 g/mol. The van der Waals surface area contributed by atoms with Gasteiger partial charge in [-0.3, -0.25) is 9.78 Å². The van der Waals surface area contributed by atoms with Crippen LogP contribution in [-0.2, 0) is 11.3 Å². The average molecular weight is 267 g/mol. The molecule has 4 heteroatoms. The molecule has 0 aliphatic carbocycles. The lowest BCUT2D eigenvalue weighted by molar-refractivity contribution is -0.119. The smallest absolute Gasteiger partial charge is 0.228 e. The normalized spacial score (nSPS) is 17.9. The maximum absolute atomic E-state index is 12.0. The number of pyridine rings is 1. The minimum absolute atomic E-state index is 0.0527. The molecule has 0 radical (unpaired) electrons. The molecule has 1 aromatic heterocycles. The zero-order valence-corrected chi connectivity index (χ0v) is 11.4. The van der Waals surface area contributed by atoms with Gasteiger partial charge in [0.1, 0.15) is 0 Å². The maximum Gasteiger partial charge on any atom is 0.228 e. The summed E-state index contributed by atoms with van der Waals surface area (Å²) >= 11 is 0. The Hall–Kier alpha value is -2.20. The molecule has 0 saturated heterocycles. The molecule has 0 fully saturated rings. The lowest BCUT2D eigenvalue weighted by Crippen LogP contribution is -2.37. The van der Waals surface area contributed by atoms with E-state index in [9.17, 15) is 4.79 Å². The number of para-hydroxylation sites is 1. The minimum Gasteiger partial charge on any atom is -0.315 e. The first-order valence-corrected chi connectivity index (χ1v) is 6.74. The van der Waals surface area contributed by atoms with Crippen LogP contribution >= 0.6 is 0 Å². The van der Waals surface area contributed by atoms with Gasteiger partial charge in [0.05, 0.1) is 5.69 Å². The van der Waals surface area contributed by atoms with Crippen molar-refractivity contribution in [3.05, 3.63) is 59.9 Å². The van der Waals surface area contributed by atoms with Crippen molar-refractivity contribution in [2.45, 2.75) is 19.0 Å². The zero-order chi connectivity index (χ0) is 13.9. The molecule has 2 heterocycles. The molecule has 1 amide bonds. The van der Waals surface area contributed by atoms with Crippen LogP contribution < -0.4 is 10.2 Å². The first-order valence-electron chi connectivity index (χ1n) is 6.74. The zero-order valence-electron chi connectivity index (χ0n) is 11.4. The van der Waals surface area contributed by atoms with E-state index in [2.05, 4.69) is 16.4 Å². The molecule has 0 spiro atoms. The predicted molar refractivity (Wildman–Crippen MR) is 78.3 cm³/mol. The molecular formula is C16H17N3O. The maximum atomic E-state index is 12.0. The van der Waals surface area contributed by atoms with E-state index in [0.717, 1.165) is 11.4 Å². The second-order valence-corrected chi connectivity index (χ2v) is 4.97. The van der Waals surface area contributed by atoms with Crippen LogP contribution in [0.3, 0.4) is 0 Å². The molecular weight excluding hydrogens is 250 g/mol. The van der Waals surface area contributed by atoms with Crippen molar-refractivity contribution in [1.29, 1.82) is 0 Å². The van der Waals surface area contributed by atoms with Crippen LogP contribution in [0.15, 0.2) is 48.7 Å². The van der Waals surface area contributed by atoms with Crippen molar-refractivity contribution in [3.63, 3.8) is 0 Å². The van der Waals surface area contributed by atoms with E-state index in [1.807, 2.05) is 43.4 Å². The Kier molecular flexibility index (Phi) is 3.48. The van der Waals surface area contributed by atoms with E-state index in [-0.39, 0.29) is 11.9 Å². The molecule has 20 heavy (non-hydrogen) atoms.